The molecule has 0 heterocycles. The van der Waals surface area contributed by atoms with Gasteiger partial charge in [-0.05, 0) is 77.0 Å². The molecule has 0 aromatic heterocycles. The summed E-state index contributed by atoms with van der Waals surface area (Å²) >= 11 is 0. The number of unbranched alkanes of at least 4 members (excludes halogenated alkanes) is 14. The van der Waals surface area contributed by atoms with Gasteiger partial charge in [0.25, 0.3) is 7.82 Å². The second kappa shape index (κ2) is 36.4. The fraction of sp³-hybridized carbons (Fsp3) is 0.727. The van der Waals surface area contributed by atoms with Crippen molar-refractivity contribution in [1.82, 2.24) is 0 Å². The highest BCUT2D eigenvalue weighted by Gasteiger charge is 2.21. The maximum absolute atomic E-state index is 12.6. The molecule has 0 aliphatic heterocycles. The predicted molar refractivity (Wildman–Crippen MR) is 222 cm³/mol. The summed E-state index contributed by atoms with van der Waals surface area (Å²) in [6, 6.07) is 0. The number of phosphoric acid groups is 1. The van der Waals surface area contributed by atoms with E-state index in [-0.39, 0.29) is 26.1 Å². The monoisotopic (exact) mass is 780 g/mol. The van der Waals surface area contributed by atoms with Crippen molar-refractivity contribution in [2.75, 3.05) is 47.5 Å². The third-order valence-electron chi connectivity index (χ3n) is 8.54. The van der Waals surface area contributed by atoms with Gasteiger partial charge in [0.15, 0.2) is 6.10 Å². The standard InChI is InChI=1S/C44H78NO8P/c1-6-8-10-12-14-16-18-20-22-24-26-28-30-32-34-36-43(46)50-40-42(41-52-54(48,49)51-39-38-45(3,4)5)53-44(47)37-35-33-31-29-27-25-23-21-19-17-15-13-11-9-7-2/h14,16-17,19-23,26,28,42H,6-13,15,18,24-25,27,29-41H2,1-5H3/b16-14+,19-17+,22-20+,23-21+,28-26+/t42-/m1/s1. The number of quaternary nitrogens is 1. The van der Waals surface area contributed by atoms with Crippen LogP contribution in [0.15, 0.2) is 60.8 Å². The Morgan fingerprint density at radius 1 is 0.593 bits per heavy atom. The zero-order chi connectivity index (χ0) is 40.0. The van der Waals surface area contributed by atoms with Gasteiger partial charge in [-0.3, -0.25) is 14.2 Å². The second-order valence-corrected chi connectivity index (χ2v) is 16.4. The first-order valence-electron chi connectivity index (χ1n) is 21.0. The minimum Gasteiger partial charge on any atom is -0.756 e. The Kier molecular flexibility index (Phi) is 34.8. The van der Waals surface area contributed by atoms with Gasteiger partial charge in [-0.25, -0.2) is 0 Å². The number of rotatable bonds is 37. The maximum atomic E-state index is 12.6. The quantitative estimate of drug-likeness (QED) is 0.0153. The summed E-state index contributed by atoms with van der Waals surface area (Å²) in [5.74, 6) is -0.903. The van der Waals surface area contributed by atoms with E-state index in [1.165, 1.54) is 44.9 Å². The van der Waals surface area contributed by atoms with E-state index >= 15 is 0 Å². The van der Waals surface area contributed by atoms with Crippen molar-refractivity contribution in [3.05, 3.63) is 60.8 Å². The molecule has 1 unspecified atom stereocenters. The highest BCUT2D eigenvalue weighted by Crippen LogP contribution is 2.38. The smallest absolute Gasteiger partial charge is 0.306 e. The van der Waals surface area contributed by atoms with Crippen LogP contribution in [0, 0.1) is 0 Å². The number of nitrogens with zero attached hydrogens (tertiary/aromatic N) is 1. The molecule has 0 radical (unpaired) electrons. The normalized spacial score (nSPS) is 14.3. The minimum absolute atomic E-state index is 0.0427. The Balaban J connectivity index is 4.50. The predicted octanol–water partition coefficient (Wildman–Crippen LogP) is 11.1. The number of phosphoric ester groups is 1. The lowest BCUT2D eigenvalue weighted by molar-refractivity contribution is -0.870. The van der Waals surface area contributed by atoms with Gasteiger partial charge in [-0.1, -0.05) is 126 Å². The van der Waals surface area contributed by atoms with Crippen LogP contribution < -0.4 is 4.89 Å². The second-order valence-electron chi connectivity index (χ2n) is 15.0. The first-order chi connectivity index (χ1) is 26.0. The SMILES string of the molecule is CCCCC/C=C/C/C=C/C/C=C/CCCCC(=O)OC[C@H](COP(=O)([O-])OCC[N+](C)(C)C)OC(=O)CCCCCCC/C=C/C=C/CCCCCC. The molecule has 0 rings (SSSR count). The highest BCUT2D eigenvalue weighted by molar-refractivity contribution is 7.45. The zero-order valence-corrected chi connectivity index (χ0v) is 35.8. The molecule has 10 heteroatoms. The number of ether oxygens (including phenoxy) is 2. The fourth-order valence-corrected chi connectivity index (χ4v) is 5.91. The number of hydrogen-bond donors (Lipinski definition) is 0. The Bertz CT molecular complexity index is 1110. The third kappa shape index (κ3) is 39.4. The van der Waals surface area contributed by atoms with Crippen molar-refractivity contribution >= 4 is 19.8 Å². The van der Waals surface area contributed by atoms with E-state index in [2.05, 4.69) is 74.6 Å². The Hall–Kier alpha value is -2.29. The fourth-order valence-electron chi connectivity index (χ4n) is 5.18. The van der Waals surface area contributed by atoms with E-state index in [4.69, 9.17) is 18.5 Å². The lowest BCUT2D eigenvalue weighted by Gasteiger charge is -2.28. The van der Waals surface area contributed by atoms with Crippen LogP contribution in [-0.2, 0) is 32.7 Å². The number of hydrogen-bond acceptors (Lipinski definition) is 8. The van der Waals surface area contributed by atoms with Crippen LogP contribution in [0.1, 0.15) is 155 Å². The molecule has 312 valence electrons. The van der Waals surface area contributed by atoms with Crippen molar-refractivity contribution < 1.29 is 42.1 Å². The molecular formula is C44H78NO8P. The molecule has 0 aromatic carbocycles. The van der Waals surface area contributed by atoms with Crippen molar-refractivity contribution in [1.29, 1.82) is 0 Å². The molecule has 2 atom stereocenters. The molecule has 0 amide bonds. The van der Waals surface area contributed by atoms with Gasteiger partial charge in [-0.2, -0.15) is 0 Å². The van der Waals surface area contributed by atoms with Crippen LogP contribution in [0.3, 0.4) is 0 Å². The molecule has 0 N–H and O–H groups in total. The summed E-state index contributed by atoms with van der Waals surface area (Å²) in [7, 11) is 1.12. The summed E-state index contributed by atoms with van der Waals surface area (Å²) in [4.78, 5) is 37.4. The third-order valence-corrected chi connectivity index (χ3v) is 9.50. The topological polar surface area (TPSA) is 111 Å². The van der Waals surface area contributed by atoms with E-state index in [9.17, 15) is 19.0 Å². The summed E-state index contributed by atoms with van der Waals surface area (Å²) in [5, 5.41) is 0. The van der Waals surface area contributed by atoms with Gasteiger partial charge < -0.3 is 27.9 Å². The molecule has 9 nitrogen and oxygen atoms in total. The van der Waals surface area contributed by atoms with Crippen LogP contribution in [0.2, 0.25) is 0 Å². The lowest BCUT2D eigenvalue weighted by atomic mass is 10.1. The minimum atomic E-state index is -4.64. The summed E-state index contributed by atoms with van der Waals surface area (Å²) < 4.78 is 33.8. The lowest BCUT2D eigenvalue weighted by Crippen LogP contribution is -2.37. The van der Waals surface area contributed by atoms with Crippen molar-refractivity contribution in [3.8, 4) is 0 Å². The average Bonchev–Trinajstić information content (AvgIpc) is 3.12. The molecule has 0 saturated heterocycles. The number of likely N-dealkylation sites (N-methyl/N-ethyl adjacent to an activating group) is 1. The maximum Gasteiger partial charge on any atom is 0.306 e. The number of esters is 2. The van der Waals surface area contributed by atoms with Gasteiger partial charge >= 0.3 is 11.9 Å². The first kappa shape index (κ1) is 51.7. The molecule has 0 spiro atoms. The number of carbonyl (C=O) groups is 2. The Morgan fingerprint density at radius 3 is 1.67 bits per heavy atom. The molecule has 0 saturated carbocycles. The first-order valence-corrected chi connectivity index (χ1v) is 22.5. The summed E-state index contributed by atoms with van der Waals surface area (Å²) in [5.41, 5.74) is 0. The van der Waals surface area contributed by atoms with E-state index in [1.54, 1.807) is 0 Å². The summed E-state index contributed by atoms with van der Waals surface area (Å²) in [6.07, 6.45) is 42.4. The number of carbonyl (C=O) groups excluding carboxylic acids is 2. The molecule has 0 aliphatic carbocycles. The van der Waals surface area contributed by atoms with Crippen molar-refractivity contribution in [3.63, 3.8) is 0 Å². The van der Waals surface area contributed by atoms with Crippen molar-refractivity contribution in [2.45, 2.75) is 161 Å². The van der Waals surface area contributed by atoms with Gasteiger partial charge in [0.2, 0.25) is 0 Å². The largest absolute Gasteiger partial charge is 0.756 e. The molecule has 0 aliphatic rings. The van der Waals surface area contributed by atoms with Crippen LogP contribution in [0.25, 0.3) is 0 Å². The molecule has 0 fully saturated rings. The summed E-state index contributed by atoms with van der Waals surface area (Å²) in [6.45, 7) is 4.09. The van der Waals surface area contributed by atoms with Gasteiger partial charge in [0.1, 0.15) is 19.8 Å². The molecule has 0 aromatic rings. The van der Waals surface area contributed by atoms with Gasteiger partial charge in [0, 0.05) is 12.8 Å². The highest BCUT2D eigenvalue weighted by atomic mass is 31.2. The Morgan fingerprint density at radius 2 is 1.06 bits per heavy atom. The van der Waals surface area contributed by atoms with Crippen molar-refractivity contribution in [2.24, 2.45) is 0 Å². The van der Waals surface area contributed by atoms with E-state index in [1.807, 2.05) is 21.1 Å². The molecular weight excluding hydrogens is 701 g/mol. The van der Waals surface area contributed by atoms with E-state index < -0.39 is 32.5 Å². The average molecular weight is 780 g/mol. The van der Waals surface area contributed by atoms with Crippen LogP contribution >= 0.6 is 7.82 Å². The van der Waals surface area contributed by atoms with Crippen LogP contribution in [0.4, 0.5) is 0 Å². The van der Waals surface area contributed by atoms with Gasteiger partial charge in [0.05, 0.1) is 27.7 Å². The van der Waals surface area contributed by atoms with E-state index in [0.717, 1.165) is 70.6 Å². The molecule has 0 bridgehead atoms. The Labute approximate surface area is 330 Å². The number of allylic oxidation sites excluding steroid dienone is 10. The van der Waals surface area contributed by atoms with Crippen LogP contribution in [0.5, 0.6) is 0 Å². The van der Waals surface area contributed by atoms with E-state index in [0.29, 0.717) is 23.9 Å². The molecule has 54 heavy (non-hydrogen) atoms. The van der Waals surface area contributed by atoms with Gasteiger partial charge in [-0.15, -0.1) is 0 Å². The van der Waals surface area contributed by atoms with Crippen LogP contribution in [-0.4, -0.2) is 70.0 Å². The zero-order valence-electron chi connectivity index (χ0n) is 34.9.